The van der Waals surface area contributed by atoms with E-state index in [1.807, 2.05) is 0 Å². The summed E-state index contributed by atoms with van der Waals surface area (Å²) in [5.41, 5.74) is 0.0834. The third-order valence-corrected chi connectivity index (χ3v) is 2.46. The van der Waals surface area contributed by atoms with Crippen LogP contribution in [0.4, 0.5) is 0 Å². The molecule has 0 aliphatic carbocycles. The molecule has 0 heterocycles. The highest BCUT2D eigenvalue weighted by Crippen LogP contribution is 2.31. The van der Waals surface area contributed by atoms with Gasteiger partial charge in [0.2, 0.25) is 0 Å². The fraction of sp³-hybridized carbons (Fsp3) is 0.300. The molecule has 0 amide bonds. The average Bonchev–Trinajstić information content (AvgIpc) is 2.29. The van der Waals surface area contributed by atoms with Crippen LogP contribution in [0.3, 0.4) is 0 Å². The molecule has 1 aromatic rings. The maximum Gasteiger partial charge on any atom is 0.415 e. The van der Waals surface area contributed by atoms with E-state index in [1.165, 1.54) is 12.1 Å². The predicted molar refractivity (Wildman–Crippen MR) is 57.6 cm³/mol. The van der Waals surface area contributed by atoms with Crippen molar-refractivity contribution >= 4 is 17.6 Å². The molecule has 0 spiro atoms. The average molecular weight is 244 g/mol. The molecule has 0 aliphatic heterocycles. The fourth-order valence-corrected chi connectivity index (χ4v) is 1.36. The van der Waals surface area contributed by atoms with Crippen LogP contribution in [0.15, 0.2) is 30.3 Å². The van der Waals surface area contributed by atoms with Crippen LogP contribution >= 0.6 is 11.6 Å². The number of carbonyl (C=O) groups excluding carboxylic acids is 1. The van der Waals surface area contributed by atoms with Gasteiger partial charge in [0.05, 0.1) is 17.1 Å². The Kier molecular flexibility index (Phi) is 3.84. The second-order valence-electron chi connectivity index (χ2n) is 2.97. The van der Waals surface area contributed by atoms with Gasteiger partial charge in [0, 0.05) is 0 Å². The van der Waals surface area contributed by atoms with Gasteiger partial charge < -0.3 is 4.74 Å². The molecule has 0 saturated heterocycles. The number of carbonyl (C=O) groups is 1. The molecule has 0 N–H and O–H groups in total. The third-order valence-electron chi connectivity index (χ3n) is 1.95. The maximum atomic E-state index is 11.5. The number of nitro groups is 1. The lowest BCUT2D eigenvalue weighted by Crippen LogP contribution is -2.39. The zero-order valence-electron chi connectivity index (χ0n) is 8.55. The van der Waals surface area contributed by atoms with Gasteiger partial charge >= 0.3 is 11.0 Å². The van der Waals surface area contributed by atoms with Gasteiger partial charge in [0.15, 0.2) is 0 Å². The van der Waals surface area contributed by atoms with Gasteiger partial charge in [-0.25, -0.2) is 4.79 Å². The molecule has 86 valence electrons. The molecule has 0 bridgehead atoms. The van der Waals surface area contributed by atoms with Crippen molar-refractivity contribution in [3.05, 3.63) is 46.0 Å². The zero-order chi connectivity index (χ0) is 12.2. The van der Waals surface area contributed by atoms with Gasteiger partial charge in [-0.2, -0.15) is 0 Å². The van der Waals surface area contributed by atoms with Crippen molar-refractivity contribution in [2.75, 3.05) is 6.61 Å². The Balaban J connectivity index is 3.17. The Hall–Kier alpha value is -1.62. The lowest BCUT2D eigenvalue weighted by molar-refractivity contribution is -0.536. The number of hydrogen-bond donors (Lipinski definition) is 0. The Labute approximate surface area is 97.1 Å². The van der Waals surface area contributed by atoms with E-state index in [0.29, 0.717) is 0 Å². The van der Waals surface area contributed by atoms with E-state index >= 15 is 0 Å². The summed E-state index contributed by atoms with van der Waals surface area (Å²) in [5.74, 6) is -1.08. The fourth-order valence-electron chi connectivity index (χ4n) is 1.18. The molecule has 16 heavy (non-hydrogen) atoms. The first-order valence-corrected chi connectivity index (χ1v) is 4.97. The van der Waals surface area contributed by atoms with E-state index in [2.05, 4.69) is 4.74 Å². The number of rotatable bonds is 4. The van der Waals surface area contributed by atoms with Crippen LogP contribution in [-0.2, 0) is 14.5 Å². The van der Waals surface area contributed by atoms with Crippen molar-refractivity contribution in [3.8, 4) is 0 Å². The van der Waals surface area contributed by atoms with Gasteiger partial charge in [-0.15, -0.1) is 0 Å². The monoisotopic (exact) mass is 243 g/mol. The highest BCUT2D eigenvalue weighted by Gasteiger charge is 2.52. The minimum Gasteiger partial charge on any atom is -0.459 e. The van der Waals surface area contributed by atoms with E-state index < -0.39 is 15.9 Å². The largest absolute Gasteiger partial charge is 0.459 e. The van der Waals surface area contributed by atoms with Crippen LogP contribution in [0.5, 0.6) is 0 Å². The van der Waals surface area contributed by atoms with E-state index in [4.69, 9.17) is 11.6 Å². The molecule has 1 unspecified atom stereocenters. The van der Waals surface area contributed by atoms with Crippen LogP contribution < -0.4 is 0 Å². The van der Waals surface area contributed by atoms with Crippen LogP contribution in [-0.4, -0.2) is 17.5 Å². The molecule has 5 nitrogen and oxygen atoms in total. The molecule has 1 aromatic carbocycles. The molecule has 0 radical (unpaired) electrons. The Morgan fingerprint density at radius 3 is 2.50 bits per heavy atom. The first-order valence-electron chi connectivity index (χ1n) is 4.59. The number of halogens is 1. The molecule has 0 saturated carbocycles. The molecule has 6 heteroatoms. The highest BCUT2D eigenvalue weighted by molar-refractivity contribution is 6.32. The number of hydrogen-bond acceptors (Lipinski definition) is 4. The number of nitrogens with zero attached hydrogens (tertiary/aromatic N) is 1. The number of esters is 1. The van der Waals surface area contributed by atoms with Crippen molar-refractivity contribution in [3.63, 3.8) is 0 Å². The number of alkyl halides is 1. The van der Waals surface area contributed by atoms with E-state index in [0.717, 1.165) is 0 Å². The number of benzene rings is 1. The molecule has 0 aromatic heterocycles. The summed E-state index contributed by atoms with van der Waals surface area (Å²) in [6, 6.07) is 7.62. The molecular formula is C10H10ClNO4. The topological polar surface area (TPSA) is 69.4 Å². The van der Waals surface area contributed by atoms with E-state index in [9.17, 15) is 14.9 Å². The molecule has 0 aliphatic rings. The second-order valence-corrected chi connectivity index (χ2v) is 3.51. The highest BCUT2D eigenvalue weighted by atomic mass is 35.5. The van der Waals surface area contributed by atoms with Gasteiger partial charge in [0.25, 0.3) is 0 Å². The Morgan fingerprint density at radius 1 is 1.50 bits per heavy atom. The van der Waals surface area contributed by atoms with Crippen LogP contribution in [0.25, 0.3) is 0 Å². The van der Waals surface area contributed by atoms with E-state index in [1.54, 1.807) is 25.1 Å². The minimum atomic E-state index is -2.36. The lowest BCUT2D eigenvalue weighted by Gasteiger charge is -2.16. The Morgan fingerprint density at radius 2 is 2.06 bits per heavy atom. The second kappa shape index (κ2) is 4.94. The maximum absolute atomic E-state index is 11.5. The predicted octanol–water partition coefficient (Wildman–Crippen LogP) is 1.92. The lowest BCUT2D eigenvalue weighted by atomic mass is 10.1. The van der Waals surface area contributed by atoms with Gasteiger partial charge in [-0.1, -0.05) is 18.2 Å². The smallest absolute Gasteiger partial charge is 0.415 e. The van der Waals surface area contributed by atoms with Crippen LogP contribution in [0.1, 0.15) is 12.5 Å². The first-order chi connectivity index (χ1) is 7.53. The van der Waals surface area contributed by atoms with Gasteiger partial charge in [0.1, 0.15) is 0 Å². The summed E-state index contributed by atoms with van der Waals surface area (Å²) >= 11 is 5.76. The summed E-state index contributed by atoms with van der Waals surface area (Å²) in [5, 5.41) is 10.9. The Bertz CT molecular complexity index is 395. The summed E-state index contributed by atoms with van der Waals surface area (Å²) in [6.07, 6.45) is 0. The van der Waals surface area contributed by atoms with Crippen molar-refractivity contribution in [2.24, 2.45) is 0 Å². The molecule has 0 fully saturated rings. The number of ether oxygens (including phenoxy) is 1. The van der Waals surface area contributed by atoms with Crippen LogP contribution in [0, 0.1) is 10.1 Å². The van der Waals surface area contributed by atoms with E-state index in [-0.39, 0.29) is 12.2 Å². The van der Waals surface area contributed by atoms with Crippen LogP contribution in [0.2, 0.25) is 0 Å². The molecular weight excluding hydrogens is 234 g/mol. The van der Waals surface area contributed by atoms with Crippen molar-refractivity contribution in [1.82, 2.24) is 0 Å². The normalized spacial score (nSPS) is 13.9. The zero-order valence-corrected chi connectivity index (χ0v) is 9.31. The summed E-state index contributed by atoms with van der Waals surface area (Å²) in [4.78, 5) is 19.2. The molecule has 1 rings (SSSR count). The summed E-state index contributed by atoms with van der Waals surface area (Å²) in [6.45, 7) is 1.59. The first kappa shape index (κ1) is 12.4. The SMILES string of the molecule is CCOC(=O)C(Cl)(c1ccccc1)[N+](=O)[O-]. The van der Waals surface area contributed by atoms with Gasteiger partial charge in [-0.05, 0) is 30.7 Å². The molecule has 1 atom stereocenters. The standard InChI is InChI=1S/C10H10ClNO4/c1-2-16-9(13)10(11,12(14)15)8-6-4-3-5-7-8/h3-7H,2H2,1H3. The third kappa shape index (κ3) is 2.14. The quantitative estimate of drug-likeness (QED) is 0.266. The van der Waals surface area contributed by atoms with Crippen molar-refractivity contribution in [2.45, 2.75) is 11.9 Å². The summed E-state index contributed by atoms with van der Waals surface area (Å²) < 4.78 is 4.61. The minimum absolute atomic E-state index is 0.0357. The summed E-state index contributed by atoms with van der Waals surface area (Å²) in [7, 11) is 0. The van der Waals surface area contributed by atoms with Crippen molar-refractivity contribution < 1.29 is 14.5 Å². The van der Waals surface area contributed by atoms with Gasteiger partial charge in [-0.3, -0.25) is 10.1 Å². The van der Waals surface area contributed by atoms with Crippen molar-refractivity contribution in [1.29, 1.82) is 0 Å².